The first-order valence-corrected chi connectivity index (χ1v) is 6.29. The Morgan fingerprint density at radius 1 is 1.53 bits per heavy atom. The summed E-state index contributed by atoms with van der Waals surface area (Å²) in [5.74, 6) is 0.611. The lowest BCUT2D eigenvalue weighted by molar-refractivity contribution is 0.00514. The van der Waals surface area contributed by atoms with E-state index in [1.54, 1.807) is 18.4 Å². The quantitative estimate of drug-likeness (QED) is 0.801. The van der Waals surface area contributed by atoms with Gasteiger partial charge in [-0.2, -0.15) is 11.3 Å². The predicted molar refractivity (Wildman–Crippen MR) is 67.7 cm³/mol. The molecule has 0 aliphatic heterocycles. The summed E-state index contributed by atoms with van der Waals surface area (Å²) in [6.07, 6.45) is 1.07. The number of hydrogen-bond acceptors (Lipinski definition) is 3. The first-order chi connectivity index (χ1) is 7.03. The van der Waals surface area contributed by atoms with E-state index in [4.69, 9.17) is 4.74 Å². The summed E-state index contributed by atoms with van der Waals surface area (Å²) in [5, 5.41) is 7.65. The topological polar surface area (TPSA) is 21.3 Å². The second-order valence-electron chi connectivity index (χ2n) is 4.67. The van der Waals surface area contributed by atoms with E-state index >= 15 is 0 Å². The molecule has 1 aromatic heterocycles. The van der Waals surface area contributed by atoms with Gasteiger partial charge >= 0.3 is 0 Å². The van der Waals surface area contributed by atoms with Crippen LogP contribution in [0.4, 0.5) is 5.69 Å². The van der Waals surface area contributed by atoms with Crippen molar-refractivity contribution in [3.63, 3.8) is 0 Å². The third-order valence-electron chi connectivity index (χ3n) is 2.57. The third kappa shape index (κ3) is 4.67. The Morgan fingerprint density at radius 2 is 2.27 bits per heavy atom. The minimum atomic E-state index is -0.0181. The van der Waals surface area contributed by atoms with Crippen LogP contribution < -0.4 is 5.32 Å². The first kappa shape index (κ1) is 12.5. The molecule has 0 radical (unpaired) electrons. The lowest BCUT2D eigenvalue weighted by Crippen LogP contribution is -2.27. The standard InChI is InChI=1S/C12H21NOS/c1-10(7-12(2,3)14-4)8-13-11-5-6-15-9-11/h5-6,9-10,13H,7-8H2,1-4H3. The molecule has 0 aliphatic rings. The number of hydrogen-bond donors (Lipinski definition) is 1. The molecular formula is C12H21NOS. The van der Waals surface area contributed by atoms with Gasteiger partial charge in [-0.15, -0.1) is 0 Å². The highest BCUT2D eigenvalue weighted by molar-refractivity contribution is 7.08. The van der Waals surface area contributed by atoms with Crippen LogP contribution in [0.25, 0.3) is 0 Å². The van der Waals surface area contributed by atoms with Gasteiger partial charge in [-0.25, -0.2) is 0 Å². The molecule has 1 atom stereocenters. The molecule has 0 saturated carbocycles. The van der Waals surface area contributed by atoms with Crippen molar-refractivity contribution in [1.82, 2.24) is 0 Å². The normalized spacial score (nSPS) is 13.9. The molecule has 1 heterocycles. The summed E-state index contributed by atoms with van der Waals surface area (Å²) < 4.78 is 5.42. The Balaban J connectivity index is 2.27. The zero-order valence-corrected chi connectivity index (χ0v) is 10.9. The largest absolute Gasteiger partial charge is 0.384 e. The SMILES string of the molecule is COC(C)(C)CC(C)CNc1ccsc1. The summed E-state index contributed by atoms with van der Waals surface area (Å²) in [4.78, 5) is 0. The molecule has 3 heteroatoms. The van der Waals surface area contributed by atoms with E-state index < -0.39 is 0 Å². The first-order valence-electron chi connectivity index (χ1n) is 5.35. The number of methoxy groups -OCH3 is 1. The Bertz CT molecular complexity index is 269. The van der Waals surface area contributed by atoms with Gasteiger partial charge in [-0.3, -0.25) is 0 Å². The van der Waals surface area contributed by atoms with Gasteiger partial charge in [0.15, 0.2) is 0 Å². The van der Waals surface area contributed by atoms with Crippen LogP contribution >= 0.6 is 11.3 Å². The fourth-order valence-corrected chi connectivity index (χ4v) is 2.26. The van der Waals surface area contributed by atoms with Crippen LogP contribution in [0.1, 0.15) is 27.2 Å². The van der Waals surface area contributed by atoms with E-state index in [1.807, 2.05) is 0 Å². The molecule has 1 N–H and O–H groups in total. The van der Waals surface area contributed by atoms with Gasteiger partial charge in [0.05, 0.1) is 5.60 Å². The molecule has 0 spiro atoms. The monoisotopic (exact) mass is 227 g/mol. The van der Waals surface area contributed by atoms with E-state index in [1.165, 1.54) is 5.69 Å². The Hall–Kier alpha value is -0.540. The van der Waals surface area contributed by atoms with Crippen molar-refractivity contribution in [3.05, 3.63) is 16.8 Å². The van der Waals surface area contributed by atoms with Crippen LogP contribution in [-0.2, 0) is 4.74 Å². The van der Waals surface area contributed by atoms with Crippen molar-refractivity contribution >= 4 is 17.0 Å². The third-order valence-corrected chi connectivity index (χ3v) is 3.25. The Morgan fingerprint density at radius 3 is 2.80 bits per heavy atom. The number of rotatable bonds is 6. The fraction of sp³-hybridized carbons (Fsp3) is 0.667. The maximum absolute atomic E-state index is 5.42. The molecule has 0 aromatic carbocycles. The van der Waals surface area contributed by atoms with Crippen LogP contribution in [-0.4, -0.2) is 19.3 Å². The van der Waals surface area contributed by atoms with Crippen molar-refractivity contribution in [2.24, 2.45) is 5.92 Å². The van der Waals surface area contributed by atoms with Crippen molar-refractivity contribution in [2.45, 2.75) is 32.8 Å². The molecule has 0 saturated heterocycles. The molecule has 0 bridgehead atoms. The molecule has 0 amide bonds. The van der Waals surface area contributed by atoms with Crippen LogP contribution in [0.5, 0.6) is 0 Å². The fourth-order valence-electron chi connectivity index (χ4n) is 1.65. The number of ether oxygens (including phenoxy) is 1. The van der Waals surface area contributed by atoms with Crippen LogP contribution in [0.3, 0.4) is 0 Å². The zero-order chi connectivity index (χ0) is 11.3. The summed E-state index contributed by atoms with van der Waals surface area (Å²) in [6, 6.07) is 2.11. The number of anilines is 1. The molecule has 1 rings (SSSR count). The summed E-state index contributed by atoms with van der Waals surface area (Å²) in [7, 11) is 1.78. The number of nitrogens with one attached hydrogen (secondary N) is 1. The van der Waals surface area contributed by atoms with Gasteiger partial charge in [0.2, 0.25) is 0 Å². The second-order valence-corrected chi connectivity index (χ2v) is 5.45. The zero-order valence-electron chi connectivity index (χ0n) is 10.0. The predicted octanol–water partition coefficient (Wildman–Crippen LogP) is 3.61. The van der Waals surface area contributed by atoms with Gasteiger partial charge in [0.25, 0.3) is 0 Å². The molecule has 1 unspecified atom stereocenters. The smallest absolute Gasteiger partial charge is 0.0625 e. The van der Waals surface area contributed by atoms with Crippen molar-refractivity contribution in [1.29, 1.82) is 0 Å². The summed E-state index contributed by atoms with van der Waals surface area (Å²) in [6.45, 7) is 7.52. The molecule has 2 nitrogen and oxygen atoms in total. The van der Waals surface area contributed by atoms with Crippen LogP contribution in [0.15, 0.2) is 16.8 Å². The lowest BCUT2D eigenvalue weighted by Gasteiger charge is -2.26. The molecule has 0 fully saturated rings. The second kappa shape index (κ2) is 5.52. The highest BCUT2D eigenvalue weighted by atomic mass is 32.1. The van der Waals surface area contributed by atoms with Crippen LogP contribution in [0.2, 0.25) is 0 Å². The van der Waals surface area contributed by atoms with Gasteiger partial charge in [0, 0.05) is 24.7 Å². The van der Waals surface area contributed by atoms with Gasteiger partial charge in [0.1, 0.15) is 0 Å². The van der Waals surface area contributed by atoms with Crippen molar-refractivity contribution in [2.75, 3.05) is 19.0 Å². The molecule has 0 aliphatic carbocycles. The lowest BCUT2D eigenvalue weighted by atomic mass is 9.94. The van der Waals surface area contributed by atoms with E-state index in [2.05, 4.69) is 42.9 Å². The van der Waals surface area contributed by atoms with Gasteiger partial charge < -0.3 is 10.1 Å². The molecular weight excluding hydrogens is 206 g/mol. The van der Waals surface area contributed by atoms with E-state index in [-0.39, 0.29) is 5.60 Å². The van der Waals surface area contributed by atoms with Gasteiger partial charge in [-0.1, -0.05) is 6.92 Å². The minimum absolute atomic E-state index is 0.0181. The average Bonchev–Trinajstić information content (AvgIpc) is 2.66. The Kier molecular flexibility index (Phi) is 4.61. The Labute approximate surface area is 96.7 Å². The van der Waals surface area contributed by atoms with Crippen LogP contribution in [0, 0.1) is 5.92 Å². The summed E-state index contributed by atoms with van der Waals surface area (Å²) in [5.41, 5.74) is 1.21. The summed E-state index contributed by atoms with van der Waals surface area (Å²) >= 11 is 1.72. The van der Waals surface area contributed by atoms with Crippen molar-refractivity contribution < 1.29 is 4.74 Å². The van der Waals surface area contributed by atoms with E-state index in [0.29, 0.717) is 5.92 Å². The molecule has 15 heavy (non-hydrogen) atoms. The molecule has 86 valence electrons. The van der Waals surface area contributed by atoms with Gasteiger partial charge in [-0.05, 0) is 37.6 Å². The molecule has 1 aromatic rings. The highest BCUT2D eigenvalue weighted by Gasteiger charge is 2.19. The highest BCUT2D eigenvalue weighted by Crippen LogP contribution is 2.20. The van der Waals surface area contributed by atoms with E-state index in [0.717, 1.165) is 13.0 Å². The maximum atomic E-state index is 5.42. The maximum Gasteiger partial charge on any atom is 0.0625 e. The van der Waals surface area contributed by atoms with E-state index in [9.17, 15) is 0 Å². The minimum Gasteiger partial charge on any atom is -0.384 e. The number of thiophene rings is 1. The van der Waals surface area contributed by atoms with Crippen molar-refractivity contribution in [3.8, 4) is 0 Å². The average molecular weight is 227 g/mol.